The number of hydrogen-bond donors (Lipinski definition) is 0. The van der Waals surface area contributed by atoms with Crippen LogP contribution in [-0.2, 0) is 6.42 Å². The van der Waals surface area contributed by atoms with Crippen molar-refractivity contribution in [3.05, 3.63) is 147 Å². The fourth-order valence-electron chi connectivity index (χ4n) is 4.52. The molecule has 5 aromatic rings. The molecule has 1 heterocycles. The maximum absolute atomic E-state index is 2.38. The number of anilines is 3. The summed E-state index contributed by atoms with van der Waals surface area (Å²) in [5, 5.41) is 2.10. The fraction of sp³-hybridized carbons (Fsp3) is 0.0857. The predicted molar refractivity (Wildman–Crippen MR) is 164 cm³/mol. The van der Waals surface area contributed by atoms with Gasteiger partial charge in [-0.05, 0) is 82.9 Å². The Morgan fingerprint density at radius 3 is 1.78 bits per heavy atom. The first-order chi connectivity index (χ1) is 18.2. The van der Waals surface area contributed by atoms with Gasteiger partial charge in [-0.2, -0.15) is 0 Å². The lowest BCUT2D eigenvalue weighted by atomic mass is 10.0. The Morgan fingerprint density at radius 2 is 1.19 bits per heavy atom. The molecule has 182 valence electrons. The van der Waals surface area contributed by atoms with E-state index in [-0.39, 0.29) is 0 Å². The quantitative estimate of drug-likeness (QED) is 0.193. The summed E-state index contributed by atoms with van der Waals surface area (Å²) in [5.41, 5.74) is 9.81. The zero-order chi connectivity index (χ0) is 25.5. The van der Waals surface area contributed by atoms with Gasteiger partial charge in [-0.25, -0.2) is 0 Å². The Balaban J connectivity index is 1.37. The monoisotopic (exact) mass is 497 g/mol. The van der Waals surface area contributed by atoms with Gasteiger partial charge in [0.2, 0.25) is 0 Å². The smallest absolute Gasteiger partial charge is 0.0522 e. The molecule has 1 nitrogen and oxygen atoms in total. The van der Waals surface area contributed by atoms with Gasteiger partial charge in [0, 0.05) is 16.3 Å². The van der Waals surface area contributed by atoms with Gasteiger partial charge in [0.25, 0.3) is 0 Å². The van der Waals surface area contributed by atoms with E-state index in [1.807, 2.05) is 0 Å². The third-order valence-electron chi connectivity index (χ3n) is 6.48. The summed E-state index contributed by atoms with van der Waals surface area (Å²) >= 11 is 1.75. The second kappa shape index (κ2) is 11.7. The van der Waals surface area contributed by atoms with Crippen LogP contribution in [0.15, 0.2) is 115 Å². The highest BCUT2D eigenvalue weighted by Crippen LogP contribution is 2.39. The van der Waals surface area contributed by atoms with Crippen molar-refractivity contribution < 1.29 is 0 Å². The van der Waals surface area contributed by atoms with Crippen LogP contribution in [0.5, 0.6) is 0 Å². The maximum atomic E-state index is 2.38. The normalized spacial score (nSPS) is 11.4. The van der Waals surface area contributed by atoms with Crippen LogP contribution in [-0.4, -0.2) is 0 Å². The highest BCUT2D eigenvalue weighted by Gasteiger charge is 2.17. The second-order valence-electron chi connectivity index (χ2n) is 9.05. The zero-order valence-electron chi connectivity index (χ0n) is 21.3. The summed E-state index contributed by atoms with van der Waals surface area (Å²) in [6.45, 7) is 4.42. The van der Waals surface area contributed by atoms with Crippen LogP contribution in [0.1, 0.15) is 39.6 Å². The minimum atomic E-state index is 0.990. The molecule has 0 amide bonds. The molecule has 0 aliphatic rings. The average molecular weight is 498 g/mol. The molecule has 0 spiro atoms. The third kappa shape index (κ3) is 5.99. The summed E-state index contributed by atoms with van der Waals surface area (Å²) in [5.74, 6) is 0. The van der Waals surface area contributed by atoms with Crippen molar-refractivity contribution in [2.24, 2.45) is 0 Å². The number of aryl methyl sites for hydroxylation is 2. The molecule has 0 atom stereocenters. The molecule has 0 radical (unpaired) electrons. The molecule has 4 aromatic carbocycles. The zero-order valence-corrected chi connectivity index (χ0v) is 22.2. The minimum absolute atomic E-state index is 0.990. The summed E-state index contributed by atoms with van der Waals surface area (Å²) in [6.07, 6.45) is 9.67. The summed E-state index contributed by atoms with van der Waals surface area (Å²) in [7, 11) is 0. The van der Waals surface area contributed by atoms with Gasteiger partial charge < -0.3 is 4.90 Å². The molecular formula is C35H31NS. The molecule has 5 rings (SSSR count). The topological polar surface area (TPSA) is 3.24 Å². The van der Waals surface area contributed by atoms with Crippen molar-refractivity contribution in [2.75, 3.05) is 4.90 Å². The number of nitrogens with zero attached hydrogens (tertiary/aromatic N) is 1. The van der Waals surface area contributed by atoms with Crippen molar-refractivity contribution in [2.45, 2.75) is 20.3 Å². The van der Waals surface area contributed by atoms with E-state index >= 15 is 0 Å². The standard InChI is InChI=1S/C35H31NS/c1-3-31-10-7-9-27(2)35(31)36(32-11-5-4-6-12-32)33-23-20-30(21-24-33)19-16-28-14-17-29(18-15-28)22-25-34-13-8-26-37-34/h4-26H,3H2,1-2H3. The van der Waals surface area contributed by atoms with Gasteiger partial charge in [-0.1, -0.05) is 104 Å². The van der Waals surface area contributed by atoms with Gasteiger partial charge in [0.15, 0.2) is 0 Å². The molecule has 0 aliphatic heterocycles. The number of rotatable bonds is 8. The summed E-state index contributed by atoms with van der Waals surface area (Å²) in [6, 6.07) is 38.9. The van der Waals surface area contributed by atoms with Gasteiger partial charge in [0.1, 0.15) is 0 Å². The van der Waals surface area contributed by atoms with E-state index in [4.69, 9.17) is 0 Å². The van der Waals surface area contributed by atoms with Crippen molar-refractivity contribution in [1.29, 1.82) is 0 Å². The van der Waals surface area contributed by atoms with E-state index in [2.05, 4.69) is 158 Å². The molecule has 0 unspecified atom stereocenters. The summed E-state index contributed by atoms with van der Waals surface area (Å²) < 4.78 is 0. The van der Waals surface area contributed by atoms with Crippen molar-refractivity contribution in [3.63, 3.8) is 0 Å². The number of para-hydroxylation sites is 2. The first-order valence-electron chi connectivity index (χ1n) is 12.7. The van der Waals surface area contributed by atoms with Crippen LogP contribution in [0, 0.1) is 6.92 Å². The van der Waals surface area contributed by atoms with E-state index in [1.165, 1.54) is 44.1 Å². The summed E-state index contributed by atoms with van der Waals surface area (Å²) in [4.78, 5) is 3.65. The van der Waals surface area contributed by atoms with Crippen molar-refractivity contribution in [1.82, 2.24) is 0 Å². The SMILES string of the molecule is CCc1cccc(C)c1N(c1ccccc1)c1ccc(C=Cc2ccc(C=Cc3cccs3)cc2)cc1. The lowest BCUT2D eigenvalue weighted by Gasteiger charge is -2.29. The Morgan fingerprint density at radius 1 is 0.595 bits per heavy atom. The molecule has 0 N–H and O–H groups in total. The van der Waals surface area contributed by atoms with Gasteiger partial charge >= 0.3 is 0 Å². The van der Waals surface area contributed by atoms with Crippen molar-refractivity contribution in [3.8, 4) is 0 Å². The highest BCUT2D eigenvalue weighted by atomic mass is 32.1. The first kappa shape index (κ1) is 24.5. The molecule has 37 heavy (non-hydrogen) atoms. The van der Waals surface area contributed by atoms with Crippen LogP contribution in [0.2, 0.25) is 0 Å². The Bertz CT molecular complexity index is 1480. The van der Waals surface area contributed by atoms with E-state index in [1.54, 1.807) is 11.3 Å². The van der Waals surface area contributed by atoms with Crippen LogP contribution < -0.4 is 4.90 Å². The Kier molecular flexibility index (Phi) is 7.78. The molecule has 2 heteroatoms. The van der Waals surface area contributed by atoms with Crippen LogP contribution >= 0.6 is 11.3 Å². The molecule has 0 bridgehead atoms. The average Bonchev–Trinajstić information content (AvgIpc) is 3.47. The first-order valence-corrected chi connectivity index (χ1v) is 13.6. The lowest BCUT2D eigenvalue weighted by molar-refractivity contribution is 1.10. The number of hydrogen-bond acceptors (Lipinski definition) is 2. The van der Waals surface area contributed by atoms with Gasteiger partial charge in [-0.3, -0.25) is 0 Å². The van der Waals surface area contributed by atoms with Gasteiger partial charge in [-0.15, -0.1) is 11.3 Å². The van der Waals surface area contributed by atoms with E-state index in [0.29, 0.717) is 0 Å². The molecule has 1 aromatic heterocycles. The predicted octanol–water partition coefficient (Wildman–Crippen LogP) is 10.4. The second-order valence-corrected chi connectivity index (χ2v) is 10.0. The highest BCUT2D eigenvalue weighted by molar-refractivity contribution is 7.10. The van der Waals surface area contributed by atoms with Crippen LogP contribution in [0.3, 0.4) is 0 Å². The fourth-order valence-corrected chi connectivity index (χ4v) is 5.14. The largest absolute Gasteiger partial charge is 0.310 e. The van der Waals surface area contributed by atoms with Crippen LogP contribution in [0.25, 0.3) is 24.3 Å². The number of thiophene rings is 1. The van der Waals surface area contributed by atoms with E-state index < -0.39 is 0 Å². The Labute approximate surface area is 224 Å². The van der Waals surface area contributed by atoms with Crippen LogP contribution in [0.4, 0.5) is 17.1 Å². The Hall–Kier alpha value is -4.14. The van der Waals surface area contributed by atoms with E-state index in [0.717, 1.165) is 12.1 Å². The van der Waals surface area contributed by atoms with E-state index in [9.17, 15) is 0 Å². The molecular weight excluding hydrogens is 466 g/mol. The molecule has 0 aliphatic carbocycles. The number of benzene rings is 4. The minimum Gasteiger partial charge on any atom is -0.310 e. The third-order valence-corrected chi connectivity index (χ3v) is 7.32. The van der Waals surface area contributed by atoms with Crippen molar-refractivity contribution >= 4 is 52.7 Å². The lowest BCUT2D eigenvalue weighted by Crippen LogP contribution is -2.13. The molecule has 0 saturated carbocycles. The molecule has 0 fully saturated rings. The maximum Gasteiger partial charge on any atom is 0.0522 e. The molecule has 0 saturated heterocycles. The van der Waals surface area contributed by atoms with Gasteiger partial charge in [0.05, 0.1) is 5.69 Å².